The van der Waals surface area contributed by atoms with Gasteiger partial charge >= 0.3 is 0 Å². The van der Waals surface area contributed by atoms with Crippen LogP contribution in [0.2, 0.25) is 0 Å². The summed E-state index contributed by atoms with van der Waals surface area (Å²) in [7, 11) is 0. The number of nitrogens with one attached hydrogen (secondary N) is 1. The van der Waals surface area contributed by atoms with E-state index in [0.29, 0.717) is 13.2 Å². The Labute approximate surface area is 125 Å². The van der Waals surface area contributed by atoms with Crippen molar-refractivity contribution in [3.8, 4) is 5.06 Å². The van der Waals surface area contributed by atoms with Gasteiger partial charge < -0.3 is 15.2 Å². The third-order valence-electron chi connectivity index (χ3n) is 3.55. The number of hydrogen-bond acceptors (Lipinski definition) is 5. The van der Waals surface area contributed by atoms with Gasteiger partial charge in [-0.1, -0.05) is 13.3 Å². The first-order chi connectivity index (χ1) is 9.78. The van der Waals surface area contributed by atoms with E-state index in [9.17, 15) is 5.11 Å². The molecule has 1 saturated heterocycles. The van der Waals surface area contributed by atoms with E-state index in [4.69, 9.17) is 4.74 Å². The molecule has 1 aromatic rings. The van der Waals surface area contributed by atoms with Crippen LogP contribution in [0.1, 0.15) is 25.3 Å². The first-order valence-electron chi connectivity index (χ1n) is 7.59. The van der Waals surface area contributed by atoms with Gasteiger partial charge in [-0.3, -0.25) is 4.90 Å². The Bertz CT molecular complexity index is 378. The number of aliphatic hydroxyl groups excluding tert-OH is 1. The van der Waals surface area contributed by atoms with Crippen LogP contribution in [0.15, 0.2) is 11.4 Å². The van der Waals surface area contributed by atoms with Crippen molar-refractivity contribution in [3.05, 3.63) is 17.0 Å². The standard InChI is InChI=1S/C15H26N2O2S/c1-2-3-4-13-9-15(20-12-13)19-11-14(18)10-17-7-5-16-6-8-17/h9,12,14,16,18H,2-8,10-11H2,1H3. The summed E-state index contributed by atoms with van der Waals surface area (Å²) in [5, 5.41) is 16.4. The van der Waals surface area contributed by atoms with E-state index >= 15 is 0 Å². The highest BCUT2D eigenvalue weighted by atomic mass is 32.1. The second-order valence-corrected chi connectivity index (χ2v) is 6.27. The molecular weight excluding hydrogens is 272 g/mol. The molecule has 2 rings (SSSR count). The van der Waals surface area contributed by atoms with Gasteiger partial charge in [0.05, 0.1) is 0 Å². The van der Waals surface area contributed by atoms with Crippen LogP contribution < -0.4 is 10.1 Å². The van der Waals surface area contributed by atoms with E-state index in [1.54, 1.807) is 11.3 Å². The molecule has 5 heteroatoms. The molecular formula is C15H26N2O2S. The summed E-state index contributed by atoms with van der Waals surface area (Å²) in [5.74, 6) is 0. The lowest BCUT2D eigenvalue weighted by Gasteiger charge is -2.28. The van der Waals surface area contributed by atoms with Crippen LogP contribution in [0.5, 0.6) is 5.06 Å². The number of hydrogen-bond donors (Lipinski definition) is 2. The Hall–Kier alpha value is -0.620. The predicted octanol–water partition coefficient (Wildman–Crippen LogP) is 1.74. The van der Waals surface area contributed by atoms with E-state index in [1.807, 2.05) is 0 Å². The molecule has 0 spiro atoms. The SMILES string of the molecule is CCCCc1csc(OCC(O)CN2CCNCC2)c1. The van der Waals surface area contributed by atoms with Crippen molar-refractivity contribution < 1.29 is 9.84 Å². The second kappa shape index (κ2) is 8.62. The summed E-state index contributed by atoms with van der Waals surface area (Å²) in [6.07, 6.45) is 3.16. The van der Waals surface area contributed by atoms with Crippen molar-refractivity contribution in [1.82, 2.24) is 10.2 Å². The van der Waals surface area contributed by atoms with Gasteiger partial charge in [-0.2, -0.15) is 0 Å². The maximum Gasteiger partial charge on any atom is 0.174 e. The van der Waals surface area contributed by atoms with E-state index < -0.39 is 6.10 Å². The van der Waals surface area contributed by atoms with Gasteiger partial charge in [-0.25, -0.2) is 0 Å². The molecule has 1 atom stereocenters. The zero-order valence-electron chi connectivity index (χ0n) is 12.3. The molecule has 114 valence electrons. The van der Waals surface area contributed by atoms with E-state index in [2.05, 4.69) is 28.6 Å². The van der Waals surface area contributed by atoms with Crippen molar-refractivity contribution in [1.29, 1.82) is 0 Å². The summed E-state index contributed by atoms with van der Waals surface area (Å²) in [5.41, 5.74) is 1.35. The molecule has 1 unspecified atom stereocenters. The zero-order valence-corrected chi connectivity index (χ0v) is 13.1. The maximum absolute atomic E-state index is 10.0. The van der Waals surface area contributed by atoms with Crippen molar-refractivity contribution in [2.24, 2.45) is 0 Å². The molecule has 1 aliphatic heterocycles. The van der Waals surface area contributed by atoms with Crippen molar-refractivity contribution >= 4 is 11.3 Å². The Morgan fingerprint density at radius 3 is 3.00 bits per heavy atom. The average Bonchev–Trinajstić information content (AvgIpc) is 2.92. The van der Waals surface area contributed by atoms with Crippen molar-refractivity contribution in [2.75, 3.05) is 39.3 Å². The second-order valence-electron chi connectivity index (χ2n) is 5.39. The monoisotopic (exact) mass is 298 g/mol. The minimum atomic E-state index is -0.408. The number of β-amino-alcohol motifs (C(OH)–C–C–N with tert-alkyl or cyclic N) is 1. The lowest BCUT2D eigenvalue weighted by atomic mass is 10.2. The Morgan fingerprint density at radius 2 is 2.25 bits per heavy atom. The highest BCUT2D eigenvalue weighted by Crippen LogP contribution is 2.24. The molecule has 0 aliphatic carbocycles. The highest BCUT2D eigenvalue weighted by Gasteiger charge is 2.15. The van der Waals surface area contributed by atoms with Crippen LogP contribution in [0.3, 0.4) is 0 Å². The van der Waals surface area contributed by atoms with Gasteiger partial charge in [-0.15, -0.1) is 11.3 Å². The number of rotatable bonds is 8. The molecule has 0 bridgehead atoms. The van der Waals surface area contributed by atoms with Gasteiger partial charge in [0.15, 0.2) is 5.06 Å². The van der Waals surface area contributed by atoms with Crippen molar-refractivity contribution in [3.63, 3.8) is 0 Å². The summed E-state index contributed by atoms with van der Waals surface area (Å²) in [6, 6.07) is 2.11. The number of aryl methyl sites for hydroxylation is 1. The van der Waals surface area contributed by atoms with E-state index in [0.717, 1.165) is 37.7 Å². The minimum Gasteiger partial charge on any atom is -0.481 e. The number of ether oxygens (including phenoxy) is 1. The fourth-order valence-corrected chi connectivity index (χ4v) is 3.17. The summed E-state index contributed by atoms with van der Waals surface area (Å²) < 4.78 is 5.70. The maximum atomic E-state index is 10.0. The molecule has 0 amide bonds. The normalized spacial score (nSPS) is 18.1. The molecule has 2 heterocycles. The van der Waals surface area contributed by atoms with Gasteiger partial charge in [0, 0.05) is 32.7 Å². The average molecular weight is 298 g/mol. The molecule has 1 aromatic heterocycles. The molecule has 0 aromatic carbocycles. The number of aliphatic hydroxyl groups is 1. The molecule has 4 nitrogen and oxygen atoms in total. The molecule has 0 saturated carbocycles. The number of piperazine rings is 1. The fraction of sp³-hybridized carbons (Fsp3) is 0.733. The number of thiophene rings is 1. The summed E-state index contributed by atoms with van der Waals surface area (Å²) in [6.45, 7) is 7.34. The first kappa shape index (κ1) is 15.8. The van der Waals surface area contributed by atoms with Gasteiger partial charge in [0.1, 0.15) is 12.7 Å². The van der Waals surface area contributed by atoms with Gasteiger partial charge in [-0.05, 0) is 29.9 Å². The zero-order chi connectivity index (χ0) is 14.2. The van der Waals surface area contributed by atoms with Crippen LogP contribution in [-0.4, -0.2) is 55.4 Å². The molecule has 1 aliphatic rings. The molecule has 20 heavy (non-hydrogen) atoms. The van der Waals surface area contributed by atoms with Crippen LogP contribution in [0.25, 0.3) is 0 Å². The van der Waals surface area contributed by atoms with Crippen molar-refractivity contribution in [2.45, 2.75) is 32.3 Å². The van der Waals surface area contributed by atoms with Crippen LogP contribution in [0.4, 0.5) is 0 Å². The number of unbranched alkanes of at least 4 members (excludes halogenated alkanes) is 1. The highest BCUT2D eigenvalue weighted by molar-refractivity contribution is 7.12. The smallest absolute Gasteiger partial charge is 0.174 e. The van der Waals surface area contributed by atoms with Gasteiger partial charge in [0.25, 0.3) is 0 Å². The quantitative estimate of drug-likeness (QED) is 0.767. The third-order valence-corrected chi connectivity index (χ3v) is 4.43. The Kier molecular flexibility index (Phi) is 6.79. The number of nitrogens with zero attached hydrogens (tertiary/aromatic N) is 1. The lowest BCUT2D eigenvalue weighted by Crippen LogP contribution is -2.47. The minimum absolute atomic E-state index is 0.387. The topological polar surface area (TPSA) is 44.7 Å². The summed E-state index contributed by atoms with van der Waals surface area (Å²) >= 11 is 1.63. The molecule has 1 fully saturated rings. The Balaban J connectivity index is 1.66. The van der Waals surface area contributed by atoms with Crippen LogP contribution >= 0.6 is 11.3 Å². The van der Waals surface area contributed by atoms with E-state index in [-0.39, 0.29) is 0 Å². The first-order valence-corrected chi connectivity index (χ1v) is 8.47. The lowest BCUT2D eigenvalue weighted by molar-refractivity contribution is 0.0654. The fourth-order valence-electron chi connectivity index (χ4n) is 2.36. The third kappa shape index (κ3) is 5.40. The van der Waals surface area contributed by atoms with Gasteiger partial charge in [0.2, 0.25) is 0 Å². The molecule has 0 radical (unpaired) electrons. The predicted molar refractivity (Wildman–Crippen MR) is 83.7 cm³/mol. The molecule has 2 N–H and O–H groups in total. The van der Waals surface area contributed by atoms with Crippen LogP contribution in [0, 0.1) is 0 Å². The van der Waals surface area contributed by atoms with E-state index in [1.165, 1.54) is 18.4 Å². The summed E-state index contributed by atoms with van der Waals surface area (Å²) in [4.78, 5) is 2.28. The Morgan fingerprint density at radius 1 is 1.45 bits per heavy atom. The largest absolute Gasteiger partial charge is 0.481 e. The van der Waals surface area contributed by atoms with Crippen LogP contribution in [-0.2, 0) is 6.42 Å².